The van der Waals surface area contributed by atoms with E-state index >= 15 is 0 Å². The summed E-state index contributed by atoms with van der Waals surface area (Å²) in [6.07, 6.45) is 3.16. The summed E-state index contributed by atoms with van der Waals surface area (Å²) in [4.78, 5) is 39.9. The average Bonchev–Trinajstić information content (AvgIpc) is 3.53. The molecule has 4 aromatic rings. The minimum Gasteiger partial charge on any atom is -0.496 e. The van der Waals surface area contributed by atoms with Crippen LogP contribution in [-0.4, -0.2) is 42.8 Å². The highest BCUT2D eigenvalue weighted by molar-refractivity contribution is 6.06. The predicted octanol–water partition coefficient (Wildman–Crippen LogP) is 6.12. The van der Waals surface area contributed by atoms with Crippen molar-refractivity contribution in [2.24, 2.45) is 0 Å². The Morgan fingerprint density at radius 3 is 2.12 bits per heavy atom. The molecule has 2 heterocycles. The molecule has 0 spiro atoms. The minimum absolute atomic E-state index is 0.0213. The van der Waals surface area contributed by atoms with Gasteiger partial charge in [0.2, 0.25) is 0 Å². The molecule has 40 heavy (non-hydrogen) atoms. The maximum absolute atomic E-state index is 13.1. The van der Waals surface area contributed by atoms with Crippen LogP contribution in [0.2, 0.25) is 0 Å². The van der Waals surface area contributed by atoms with Crippen molar-refractivity contribution < 1.29 is 23.5 Å². The van der Waals surface area contributed by atoms with E-state index in [9.17, 15) is 14.4 Å². The third-order valence-electron chi connectivity index (χ3n) is 7.16. The van der Waals surface area contributed by atoms with Gasteiger partial charge in [-0.25, -0.2) is 0 Å². The Bertz CT molecular complexity index is 1490. The summed E-state index contributed by atoms with van der Waals surface area (Å²) in [6, 6.07) is 23.5. The van der Waals surface area contributed by atoms with Crippen LogP contribution in [0.25, 0.3) is 0 Å². The van der Waals surface area contributed by atoms with Crippen LogP contribution in [0, 0.1) is 6.92 Å². The second kappa shape index (κ2) is 11.9. The van der Waals surface area contributed by atoms with Gasteiger partial charge in [0.15, 0.2) is 5.76 Å². The number of benzene rings is 3. The first-order valence-electron chi connectivity index (χ1n) is 13.2. The number of carbonyl (C=O) groups excluding carboxylic acids is 3. The molecule has 0 saturated carbocycles. The number of methoxy groups -OCH3 is 1. The molecule has 0 aliphatic carbocycles. The monoisotopic (exact) mass is 537 g/mol. The van der Waals surface area contributed by atoms with E-state index in [-0.39, 0.29) is 23.5 Å². The smallest absolute Gasteiger partial charge is 0.291 e. The maximum Gasteiger partial charge on any atom is 0.291 e. The number of carbonyl (C=O) groups is 3. The molecule has 1 aliphatic rings. The van der Waals surface area contributed by atoms with Crippen LogP contribution >= 0.6 is 0 Å². The van der Waals surface area contributed by atoms with Gasteiger partial charge in [-0.15, -0.1) is 0 Å². The normalized spacial score (nSPS) is 13.5. The highest BCUT2D eigenvalue weighted by atomic mass is 16.5. The Labute approximate surface area is 232 Å². The Kier molecular flexibility index (Phi) is 7.96. The number of nitrogens with one attached hydrogen (secondary N) is 2. The first-order chi connectivity index (χ1) is 19.4. The summed E-state index contributed by atoms with van der Waals surface area (Å²) in [5, 5.41) is 5.70. The topological polar surface area (TPSA) is 101 Å². The summed E-state index contributed by atoms with van der Waals surface area (Å²) in [5.74, 6) is 0.531. The Hall–Kier alpha value is -4.85. The number of hydrogen-bond acceptors (Lipinski definition) is 5. The van der Waals surface area contributed by atoms with Crippen LogP contribution < -0.4 is 15.4 Å². The van der Waals surface area contributed by atoms with Crippen molar-refractivity contribution in [3.63, 3.8) is 0 Å². The lowest BCUT2D eigenvalue weighted by Gasteiger charge is -2.32. The van der Waals surface area contributed by atoms with E-state index in [1.54, 1.807) is 49.6 Å². The van der Waals surface area contributed by atoms with Crippen molar-refractivity contribution in [3.8, 4) is 5.75 Å². The van der Waals surface area contributed by atoms with Crippen LogP contribution in [0.5, 0.6) is 5.75 Å². The number of rotatable bonds is 7. The van der Waals surface area contributed by atoms with Crippen molar-refractivity contribution >= 4 is 29.1 Å². The van der Waals surface area contributed by atoms with Gasteiger partial charge in [-0.1, -0.05) is 18.2 Å². The molecule has 1 aliphatic heterocycles. The SMILES string of the molecule is COc1cc(C)ccc1C(=O)Nc1ccc(C2CCN(C(=O)c3ccc(NC(=O)c4ccco4)cc3)CC2)cc1. The Morgan fingerprint density at radius 2 is 1.50 bits per heavy atom. The van der Waals surface area contributed by atoms with Crippen molar-refractivity contribution in [1.82, 2.24) is 4.90 Å². The van der Waals surface area contributed by atoms with Crippen molar-refractivity contribution in [2.75, 3.05) is 30.8 Å². The molecule has 5 rings (SSSR count). The second-order valence-electron chi connectivity index (χ2n) is 9.86. The number of nitrogens with zero attached hydrogens (tertiary/aromatic N) is 1. The molecular weight excluding hydrogens is 506 g/mol. The molecule has 1 fully saturated rings. The third kappa shape index (κ3) is 6.07. The fourth-order valence-electron chi connectivity index (χ4n) is 4.92. The highest BCUT2D eigenvalue weighted by Gasteiger charge is 2.25. The van der Waals surface area contributed by atoms with Crippen LogP contribution in [0.4, 0.5) is 11.4 Å². The summed E-state index contributed by atoms with van der Waals surface area (Å²) >= 11 is 0. The molecule has 0 bridgehead atoms. The lowest BCUT2D eigenvalue weighted by molar-refractivity contribution is 0.0712. The number of likely N-dealkylation sites (tertiary alicyclic amines) is 1. The zero-order valence-electron chi connectivity index (χ0n) is 22.5. The van der Waals surface area contributed by atoms with Crippen LogP contribution in [0.3, 0.4) is 0 Å². The van der Waals surface area contributed by atoms with E-state index in [0.717, 1.165) is 18.4 Å². The number of ether oxygens (including phenoxy) is 1. The van der Waals surface area contributed by atoms with Gasteiger partial charge >= 0.3 is 0 Å². The molecule has 0 atom stereocenters. The van der Waals surface area contributed by atoms with Gasteiger partial charge in [0.05, 0.1) is 18.9 Å². The molecule has 8 heteroatoms. The van der Waals surface area contributed by atoms with E-state index in [2.05, 4.69) is 10.6 Å². The van der Waals surface area contributed by atoms with Gasteiger partial charge in [0.25, 0.3) is 17.7 Å². The zero-order valence-corrected chi connectivity index (χ0v) is 22.5. The molecule has 8 nitrogen and oxygen atoms in total. The standard InChI is InChI=1S/C32H31N3O5/c1-21-5-14-27(29(20-21)39-2)30(36)33-25-10-6-22(7-11-25)23-15-17-35(18-16-23)32(38)24-8-12-26(13-9-24)34-31(37)28-4-3-19-40-28/h3-14,19-20,23H,15-18H2,1-2H3,(H,33,36)(H,34,37). The zero-order chi connectivity index (χ0) is 28.1. The minimum atomic E-state index is -0.340. The lowest BCUT2D eigenvalue weighted by Crippen LogP contribution is -2.37. The van der Waals surface area contributed by atoms with Gasteiger partial charge in [-0.3, -0.25) is 14.4 Å². The van der Waals surface area contributed by atoms with Gasteiger partial charge in [0.1, 0.15) is 5.75 Å². The first kappa shape index (κ1) is 26.7. The average molecular weight is 538 g/mol. The largest absolute Gasteiger partial charge is 0.496 e. The Balaban J connectivity index is 1.13. The number of furan rings is 1. The molecule has 3 amide bonds. The number of aryl methyl sites for hydroxylation is 1. The molecule has 204 valence electrons. The van der Waals surface area contributed by atoms with E-state index in [1.165, 1.54) is 11.8 Å². The lowest BCUT2D eigenvalue weighted by atomic mass is 9.89. The predicted molar refractivity (Wildman–Crippen MR) is 153 cm³/mol. The summed E-state index contributed by atoms with van der Waals surface area (Å²) in [5.41, 5.74) is 4.59. The molecule has 1 aromatic heterocycles. The number of anilines is 2. The van der Waals surface area contributed by atoms with Gasteiger partial charge < -0.3 is 24.7 Å². The first-order valence-corrected chi connectivity index (χ1v) is 13.2. The molecule has 1 saturated heterocycles. The fraction of sp³-hybridized carbons (Fsp3) is 0.219. The number of amides is 3. The summed E-state index contributed by atoms with van der Waals surface area (Å²) in [6.45, 7) is 3.27. The third-order valence-corrected chi connectivity index (χ3v) is 7.16. The number of piperidine rings is 1. The fourth-order valence-corrected chi connectivity index (χ4v) is 4.92. The van der Waals surface area contributed by atoms with Crippen molar-refractivity contribution in [1.29, 1.82) is 0 Å². The molecule has 0 unspecified atom stereocenters. The molecular formula is C32H31N3O5. The van der Waals surface area contributed by atoms with Crippen LogP contribution in [0.15, 0.2) is 89.5 Å². The van der Waals surface area contributed by atoms with Crippen LogP contribution in [-0.2, 0) is 0 Å². The highest BCUT2D eigenvalue weighted by Crippen LogP contribution is 2.30. The van der Waals surface area contributed by atoms with Crippen molar-refractivity contribution in [2.45, 2.75) is 25.7 Å². The van der Waals surface area contributed by atoms with Crippen molar-refractivity contribution in [3.05, 3.63) is 113 Å². The maximum atomic E-state index is 13.1. The van der Waals surface area contributed by atoms with E-state index < -0.39 is 0 Å². The van der Waals surface area contributed by atoms with E-state index in [1.807, 2.05) is 48.2 Å². The van der Waals surface area contributed by atoms with Gasteiger partial charge in [-0.05, 0) is 97.5 Å². The van der Waals surface area contributed by atoms with E-state index in [0.29, 0.717) is 47.3 Å². The van der Waals surface area contributed by atoms with E-state index in [4.69, 9.17) is 9.15 Å². The van der Waals surface area contributed by atoms with Gasteiger partial charge in [-0.2, -0.15) is 0 Å². The summed E-state index contributed by atoms with van der Waals surface area (Å²) < 4.78 is 10.5. The quantitative estimate of drug-likeness (QED) is 0.296. The Morgan fingerprint density at radius 1 is 0.850 bits per heavy atom. The molecule has 2 N–H and O–H groups in total. The van der Waals surface area contributed by atoms with Gasteiger partial charge in [0, 0.05) is 30.0 Å². The second-order valence-corrected chi connectivity index (χ2v) is 9.86. The summed E-state index contributed by atoms with van der Waals surface area (Å²) in [7, 11) is 1.56. The molecule has 0 radical (unpaired) electrons. The number of hydrogen-bond donors (Lipinski definition) is 2. The van der Waals surface area contributed by atoms with Crippen LogP contribution in [0.1, 0.15) is 61.2 Å². The molecule has 3 aromatic carbocycles.